The zero-order valence-corrected chi connectivity index (χ0v) is 7.26. The summed E-state index contributed by atoms with van der Waals surface area (Å²) in [6.07, 6.45) is 0. The fourth-order valence-electron chi connectivity index (χ4n) is 0. The molecule has 0 saturated carbocycles. The molecule has 0 unspecified atom stereocenters. The van der Waals surface area contributed by atoms with Crippen molar-refractivity contribution in [1.29, 1.82) is 5.26 Å². The minimum absolute atomic E-state index is 1.75. The molecule has 0 aliphatic heterocycles. The van der Waals surface area contributed by atoms with E-state index in [1.165, 1.54) is 0 Å². The van der Waals surface area contributed by atoms with Crippen LogP contribution in [-0.2, 0) is 8.46 Å². The van der Waals surface area contributed by atoms with Crippen LogP contribution in [0, 0.1) is 11.8 Å². The van der Waals surface area contributed by atoms with Crippen LogP contribution in [0.4, 0.5) is 0 Å². The van der Waals surface area contributed by atoms with E-state index in [0.717, 1.165) is 0 Å². The standard InChI is InChI=1S/CN.Cu.2HI/c1-2;;;/h;;2*1H/q-1;+2;;/p-2. The molecular formula is CCuI2N-. The maximum absolute atomic E-state index is 6.25. The predicted octanol–water partition coefficient (Wildman–Crippen LogP) is 1.87. The van der Waals surface area contributed by atoms with Crippen LogP contribution in [0.2, 0.25) is 0 Å². The molecule has 0 atom stereocenters. The van der Waals surface area contributed by atoms with Gasteiger partial charge in [-0.25, -0.2) is 0 Å². The Morgan fingerprint density at radius 3 is 1.40 bits per heavy atom. The number of rotatable bonds is 0. The van der Waals surface area contributed by atoms with Crippen molar-refractivity contribution in [3.63, 3.8) is 0 Å². The van der Waals surface area contributed by atoms with Gasteiger partial charge in [0.05, 0.1) is 0 Å². The molecule has 0 aliphatic carbocycles. The third kappa shape index (κ3) is 30.5. The van der Waals surface area contributed by atoms with E-state index in [1.807, 2.05) is 0 Å². The van der Waals surface area contributed by atoms with Gasteiger partial charge < -0.3 is 11.8 Å². The molecule has 0 amide bonds. The maximum atomic E-state index is 6.25. The van der Waals surface area contributed by atoms with Gasteiger partial charge in [-0.05, 0) is 0 Å². The van der Waals surface area contributed by atoms with Crippen molar-refractivity contribution in [2.75, 3.05) is 0 Å². The van der Waals surface area contributed by atoms with Crippen LogP contribution < -0.4 is 0 Å². The summed E-state index contributed by atoms with van der Waals surface area (Å²) < 4.78 is 0. The van der Waals surface area contributed by atoms with E-state index in [0.29, 0.717) is 0 Å². The van der Waals surface area contributed by atoms with Crippen LogP contribution in [0.25, 0.3) is 0 Å². The molecule has 0 aromatic heterocycles. The number of nitrogens with zero attached hydrogens (tertiary/aromatic N) is 1. The minimum atomic E-state index is 1.75. The molecule has 0 fully saturated rings. The Hall–Kier alpha value is 1.47. The first-order valence-corrected chi connectivity index (χ1v) is 6.53. The fourth-order valence-corrected chi connectivity index (χ4v) is 0. The molecule has 0 rings (SSSR count). The topological polar surface area (TPSA) is 23.8 Å². The first-order valence-electron chi connectivity index (χ1n) is 0.452. The molecule has 0 radical (unpaired) electrons. The molecule has 0 saturated heterocycles. The molecule has 4 heteroatoms. The Bertz CT molecular complexity index is 20.9. The molecule has 0 spiro atoms. The van der Waals surface area contributed by atoms with Gasteiger partial charge in [-0.15, -0.1) is 0 Å². The van der Waals surface area contributed by atoms with E-state index in [-0.39, 0.29) is 0 Å². The zero-order valence-electron chi connectivity index (χ0n) is 2.00. The van der Waals surface area contributed by atoms with Crippen LogP contribution in [0.1, 0.15) is 0 Å². The van der Waals surface area contributed by atoms with Crippen molar-refractivity contribution in [3.8, 4) is 0 Å². The molecular weight excluding hydrogens is 343 g/mol. The summed E-state index contributed by atoms with van der Waals surface area (Å²) in [7, 11) is 1.75. The number of halogens is 2. The Kier molecular flexibility index (Phi) is 34.7. The SMILES string of the molecule is [C-]#N.[I][Cu][I]. The van der Waals surface area contributed by atoms with Crippen molar-refractivity contribution >= 4 is 40.7 Å². The van der Waals surface area contributed by atoms with Crippen molar-refractivity contribution in [2.24, 2.45) is 0 Å². The Morgan fingerprint density at radius 1 is 1.40 bits per heavy atom. The summed E-state index contributed by atoms with van der Waals surface area (Å²) in [5, 5.41) is 6.25. The summed E-state index contributed by atoms with van der Waals surface area (Å²) in [5.41, 5.74) is 0. The second kappa shape index (κ2) is 17.9. The van der Waals surface area contributed by atoms with Gasteiger partial charge >= 0.3 is 49.1 Å². The summed E-state index contributed by atoms with van der Waals surface area (Å²) in [5.74, 6) is 0. The average molecular weight is 343 g/mol. The summed E-state index contributed by atoms with van der Waals surface area (Å²) in [6, 6.07) is 0. The van der Waals surface area contributed by atoms with Crippen LogP contribution in [0.15, 0.2) is 0 Å². The van der Waals surface area contributed by atoms with Crippen molar-refractivity contribution in [3.05, 3.63) is 6.57 Å². The van der Waals surface area contributed by atoms with E-state index >= 15 is 0 Å². The Labute approximate surface area is 60.1 Å². The van der Waals surface area contributed by atoms with Gasteiger partial charge in [-0.1, -0.05) is 0 Å². The summed E-state index contributed by atoms with van der Waals surface area (Å²) in [6.45, 7) is 4.75. The van der Waals surface area contributed by atoms with Gasteiger partial charge in [-0.3, -0.25) is 0 Å². The number of hydrogen-bond acceptors (Lipinski definition) is 1. The van der Waals surface area contributed by atoms with Crippen LogP contribution >= 0.6 is 40.7 Å². The second-order valence-electron chi connectivity index (χ2n) is 0.0431. The van der Waals surface area contributed by atoms with Crippen LogP contribution in [-0.4, -0.2) is 0 Å². The molecule has 5 heavy (non-hydrogen) atoms. The number of hydrogen-bond donors (Lipinski definition) is 0. The quantitative estimate of drug-likeness (QED) is 0.374. The summed E-state index contributed by atoms with van der Waals surface area (Å²) in [4.78, 5) is 0. The Balaban J connectivity index is 0. The van der Waals surface area contributed by atoms with Gasteiger partial charge in [0.1, 0.15) is 0 Å². The first-order chi connectivity index (χ1) is 2.41. The normalized spacial score (nSPS) is 4.80. The van der Waals surface area contributed by atoms with E-state index < -0.39 is 0 Å². The molecule has 35 valence electrons. The van der Waals surface area contributed by atoms with Crippen molar-refractivity contribution in [2.45, 2.75) is 0 Å². The third-order valence-corrected chi connectivity index (χ3v) is 0. The van der Waals surface area contributed by atoms with E-state index in [4.69, 9.17) is 11.8 Å². The summed E-state index contributed by atoms with van der Waals surface area (Å²) >= 11 is 4.36. The van der Waals surface area contributed by atoms with Gasteiger partial charge in [-0.2, -0.15) is 0 Å². The van der Waals surface area contributed by atoms with Gasteiger partial charge in [0.25, 0.3) is 0 Å². The molecule has 0 N–H and O–H groups in total. The fraction of sp³-hybridized carbons (Fsp3) is 0. The molecule has 0 bridgehead atoms. The van der Waals surface area contributed by atoms with Crippen molar-refractivity contribution < 1.29 is 8.46 Å². The van der Waals surface area contributed by atoms with Crippen molar-refractivity contribution in [1.82, 2.24) is 0 Å². The average Bonchev–Trinajstić information content (AvgIpc) is 1.46. The second-order valence-corrected chi connectivity index (χ2v) is 7.99. The zero-order chi connectivity index (χ0) is 4.71. The van der Waals surface area contributed by atoms with Crippen LogP contribution in [0.5, 0.6) is 0 Å². The van der Waals surface area contributed by atoms with Crippen LogP contribution in [0.3, 0.4) is 0 Å². The van der Waals surface area contributed by atoms with E-state index in [2.05, 4.69) is 40.7 Å². The first kappa shape index (κ1) is 9.69. The van der Waals surface area contributed by atoms with Gasteiger partial charge in [0, 0.05) is 0 Å². The molecule has 0 aromatic rings. The Morgan fingerprint density at radius 2 is 1.40 bits per heavy atom. The molecule has 0 aliphatic rings. The third-order valence-electron chi connectivity index (χ3n) is 0. The molecule has 1 nitrogen and oxygen atoms in total. The molecule has 0 heterocycles. The monoisotopic (exact) mass is 343 g/mol. The van der Waals surface area contributed by atoms with Gasteiger partial charge in [0.2, 0.25) is 0 Å². The molecule has 0 aromatic carbocycles. The van der Waals surface area contributed by atoms with E-state index in [1.54, 1.807) is 8.46 Å². The van der Waals surface area contributed by atoms with E-state index in [9.17, 15) is 0 Å². The van der Waals surface area contributed by atoms with Gasteiger partial charge in [0.15, 0.2) is 0 Å². The predicted molar refractivity (Wildman–Crippen MR) is 33.0 cm³/mol.